The summed E-state index contributed by atoms with van der Waals surface area (Å²) in [7, 11) is 0. The summed E-state index contributed by atoms with van der Waals surface area (Å²) in [5, 5.41) is 1.26. The molecule has 0 radical (unpaired) electrons. The molecule has 0 saturated carbocycles. The van der Waals surface area contributed by atoms with E-state index in [1.54, 1.807) is 11.3 Å². The molecule has 3 nitrogen and oxygen atoms in total. The maximum atomic E-state index is 5.79. The van der Waals surface area contributed by atoms with Crippen molar-refractivity contribution in [1.82, 2.24) is 9.38 Å². The first-order valence-corrected chi connectivity index (χ1v) is 6.84. The van der Waals surface area contributed by atoms with Gasteiger partial charge in [0.1, 0.15) is 5.65 Å². The minimum absolute atomic E-state index is 0.743. The van der Waals surface area contributed by atoms with E-state index in [2.05, 4.69) is 35.3 Å². The van der Waals surface area contributed by atoms with Crippen molar-refractivity contribution in [3.05, 3.63) is 54.9 Å². The topological polar surface area (TPSA) is 43.3 Å². The van der Waals surface area contributed by atoms with Gasteiger partial charge < -0.3 is 10.1 Å². The second-order valence-corrected chi connectivity index (χ2v) is 5.59. The van der Waals surface area contributed by atoms with Crippen molar-refractivity contribution in [2.24, 2.45) is 0 Å². The molecule has 3 aromatic heterocycles. The van der Waals surface area contributed by atoms with Gasteiger partial charge in [0.05, 0.1) is 10.6 Å². The average Bonchev–Trinajstić information content (AvgIpc) is 3.00. The Hall–Kier alpha value is -2.33. The molecular formula is C15H11N3S. The molecule has 3 heterocycles. The lowest BCUT2D eigenvalue weighted by atomic mass is 10.2. The number of aromatic nitrogens is 2. The predicted octanol–water partition coefficient (Wildman–Crippen LogP) is 3.80. The molecule has 0 unspecified atom stereocenters. The number of hydrogen-bond acceptors (Lipinski definition) is 3. The van der Waals surface area contributed by atoms with Crippen LogP contribution in [-0.2, 0) is 0 Å². The van der Waals surface area contributed by atoms with Gasteiger partial charge in [-0.15, -0.1) is 11.3 Å². The van der Waals surface area contributed by atoms with Crippen LogP contribution in [0.25, 0.3) is 26.3 Å². The fraction of sp³-hybridized carbons (Fsp3) is 0. The molecule has 4 rings (SSSR count). The van der Waals surface area contributed by atoms with Gasteiger partial charge >= 0.3 is 0 Å². The van der Waals surface area contributed by atoms with Gasteiger partial charge in [0, 0.05) is 22.8 Å². The predicted molar refractivity (Wildman–Crippen MR) is 80.4 cm³/mol. The molecule has 1 aromatic carbocycles. The van der Waals surface area contributed by atoms with Crippen LogP contribution in [0.15, 0.2) is 54.9 Å². The molecule has 0 bridgehead atoms. The third kappa shape index (κ3) is 1.69. The summed E-state index contributed by atoms with van der Waals surface area (Å²) in [6, 6.07) is 14.4. The number of thiophene rings is 1. The van der Waals surface area contributed by atoms with Crippen LogP contribution in [0.5, 0.6) is 0 Å². The molecule has 0 fully saturated rings. The number of pyridine rings is 1. The van der Waals surface area contributed by atoms with Crippen LogP contribution >= 0.6 is 11.3 Å². The quantitative estimate of drug-likeness (QED) is 0.569. The lowest BCUT2D eigenvalue weighted by Crippen LogP contribution is -1.88. The highest BCUT2D eigenvalue weighted by Gasteiger charge is 2.08. The molecular weight excluding hydrogens is 254 g/mol. The summed E-state index contributed by atoms with van der Waals surface area (Å²) in [6.07, 6.45) is 3.91. The number of nitrogens with two attached hydrogens (primary N) is 1. The van der Waals surface area contributed by atoms with Crippen LogP contribution in [0.3, 0.4) is 0 Å². The van der Waals surface area contributed by atoms with Gasteiger partial charge in [0.15, 0.2) is 0 Å². The average molecular weight is 265 g/mol. The summed E-state index contributed by atoms with van der Waals surface area (Å²) in [4.78, 5) is 5.82. The summed E-state index contributed by atoms with van der Waals surface area (Å²) in [5.74, 6) is 0. The van der Waals surface area contributed by atoms with E-state index < -0.39 is 0 Å². The first kappa shape index (κ1) is 10.6. The number of nitrogen functional groups attached to an aromatic ring is 1. The normalized spacial score (nSPS) is 11.4. The smallest absolute Gasteiger partial charge is 0.137 e. The highest BCUT2D eigenvalue weighted by Crippen LogP contribution is 2.32. The molecule has 0 atom stereocenters. The fourth-order valence-electron chi connectivity index (χ4n) is 2.24. The fourth-order valence-corrected chi connectivity index (χ4v) is 3.25. The molecule has 0 spiro atoms. The molecule has 2 N–H and O–H groups in total. The summed E-state index contributed by atoms with van der Waals surface area (Å²) < 4.78 is 3.25. The van der Waals surface area contributed by atoms with E-state index in [9.17, 15) is 0 Å². The SMILES string of the molecule is Nc1ccc2nc(-c3cc4ccccc4s3)cn2c1. The van der Waals surface area contributed by atoms with Gasteiger partial charge in [-0.1, -0.05) is 18.2 Å². The Kier molecular flexibility index (Phi) is 2.13. The Morgan fingerprint density at radius 3 is 2.84 bits per heavy atom. The monoisotopic (exact) mass is 265 g/mol. The zero-order chi connectivity index (χ0) is 12.8. The number of anilines is 1. The summed E-state index contributed by atoms with van der Waals surface area (Å²) >= 11 is 1.76. The third-order valence-electron chi connectivity index (χ3n) is 3.15. The van der Waals surface area contributed by atoms with Crippen LogP contribution in [0.2, 0.25) is 0 Å². The second kappa shape index (κ2) is 3.83. The Morgan fingerprint density at radius 2 is 1.95 bits per heavy atom. The molecule has 0 aliphatic heterocycles. The zero-order valence-electron chi connectivity index (χ0n) is 10.1. The van der Waals surface area contributed by atoms with Gasteiger partial charge in [0.2, 0.25) is 0 Å². The lowest BCUT2D eigenvalue weighted by molar-refractivity contribution is 1.19. The van der Waals surface area contributed by atoms with Gasteiger partial charge in [0.25, 0.3) is 0 Å². The molecule has 0 saturated heterocycles. The van der Waals surface area contributed by atoms with Crippen LogP contribution in [0.4, 0.5) is 5.69 Å². The number of benzene rings is 1. The van der Waals surface area contributed by atoms with Gasteiger partial charge in [-0.3, -0.25) is 0 Å². The second-order valence-electron chi connectivity index (χ2n) is 4.50. The Bertz CT molecular complexity index is 856. The van der Waals surface area contributed by atoms with E-state index in [1.165, 1.54) is 15.0 Å². The van der Waals surface area contributed by atoms with Crippen LogP contribution in [-0.4, -0.2) is 9.38 Å². The Morgan fingerprint density at radius 1 is 1.05 bits per heavy atom. The van der Waals surface area contributed by atoms with E-state index in [0.717, 1.165) is 17.0 Å². The molecule has 92 valence electrons. The summed E-state index contributed by atoms with van der Waals surface area (Å²) in [6.45, 7) is 0. The van der Waals surface area contributed by atoms with Crippen molar-refractivity contribution in [3.8, 4) is 10.6 Å². The van der Waals surface area contributed by atoms with Gasteiger partial charge in [-0.05, 0) is 29.7 Å². The standard InChI is InChI=1S/C15H11N3S/c16-11-5-6-15-17-12(9-18(15)8-11)14-7-10-3-1-2-4-13(10)19-14/h1-9H,16H2. The Balaban J connectivity index is 1.93. The molecule has 4 heteroatoms. The van der Waals surface area contributed by atoms with E-state index in [4.69, 9.17) is 5.73 Å². The molecule has 0 amide bonds. The number of fused-ring (bicyclic) bond motifs is 2. The third-order valence-corrected chi connectivity index (χ3v) is 4.29. The van der Waals surface area contributed by atoms with E-state index in [0.29, 0.717) is 0 Å². The minimum Gasteiger partial charge on any atom is -0.398 e. The van der Waals surface area contributed by atoms with Crippen molar-refractivity contribution in [3.63, 3.8) is 0 Å². The maximum Gasteiger partial charge on any atom is 0.137 e. The number of hydrogen-bond donors (Lipinski definition) is 1. The first-order chi connectivity index (χ1) is 9.29. The van der Waals surface area contributed by atoms with Crippen LogP contribution in [0, 0.1) is 0 Å². The van der Waals surface area contributed by atoms with E-state index >= 15 is 0 Å². The first-order valence-electron chi connectivity index (χ1n) is 6.03. The van der Waals surface area contributed by atoms with Gasteiger partial charge in [-0.2, -0.15) is 0 Å². The molecule has 19 heavy (non-hydrogen) atoms. The molecule has 0 aliphatic carbocycles. The van der Waals surface area contributed by atoms with Gasteiger partial charge in [-0.25, -0.2) is 4.98 Å². The van der Waals surface area contributed by atoms with Crippen molar-refractivity contribution >= 4 is 32.8 Å². The highest BCUT2D eigenvalue weighted by molar-refractivity contribution is 7.22. The highest BCUT2D eigenvalue weighted by atomic mass is 32.1. The zero-order valence-corrected chi connectivity index (χ0v) is 10.9. The number of rotatable bonds is 1. The largest absolute Gasteiger partial charge is 0.398 e. The number of nitrogens with zero attached hydrogens (tertiary/aromatic N) is 2. The van der Waals surface area contributed by atoms with Crippen LogP contribution < -0.4 is 5.73 Å². The Labute approximate surface area is 113 Å². The lowest BCUT2D eigenvalue weighted by Gasteiger charge is -1.93. The van der Waals surface area contributed by atoms with Crippen LogP contribution in [0.1, 0.15) is 0 Å². The van der Waals surface area contributed by atoms with Crippen molar-refractivity contribution < 1.29 is 0 Å². The molecule has 4 aromatic rings. The summed E-state index contributed by atoms with van der Waals surface area (Å²) in [5.41, 5.74) is 8.44. The van der Waals surface area contributed by atoms with E-state index in [-0.39, 0.29) is 0 Å². The molecule has 0 aliphatic rings. The maximum absolute atomic E-state index is 5.79. The van der Waals surface area contributed by atoms with E-state index in [1.807, 2.05) is 28.9 Å². The number of imidazole rings is 1. The minimum atomic E-state index is 0.743. The van der Waals surface area contributed by atoms with Crippen molar-refractivity contribution in [2.75, 3.05) is 5.73 Å². The van der Waals surface area contributed by atoms with Crippen molar-refractivity contribution in [2.45, 2.75) is 0 Å². The van der Waals surface area contributed by atoms with Crippen molar-refractivity contribution in [1.29, 1.82) is 0 Å².